The van der Waals surface area contributed by atoms with Crippen molar-refractivity contribution in [1.29, 1.82) is 0 Å². The number of hydrogen-bond donors (Lipinski definition) is 2. The molecule has 5 rings (SSSR count). The number of H-pyrrole nitrogens is 1. The SMILES string of the molecule is O=c1c(Cc2ccc(O)cc2)cnc2c(-c3cc(-c4ccccc4)cs3)c[nH]n12. The van der Waals surface area contributed by atoms with Crippen molar-refractivity contribution in [1.82, 2.24) is 14.6 Å². The van der Waals surface area contributed by atoms with E-state index in [-0.39, 0.29) is 11.3 Å². The van der Waals surface area contributed by atoms with E-state index < -0.39 is 0 Å². The minimum atomic E-state index is -0.117. The summed E-state index contributed by atoms with van der Waals surface area (Å²) < 4.78 is 1.49. The maximum atomic E-state index is 12.9. The van der Waals surface area contributed by atoms with Crippen molar-refractivity contribution in [2.45, 2.75) is 6.42 Å². The predicted octanol–water partition coefficient (Wildman–Crippen LogP) is 4.71. The molecule has 6 heteroatoms. The van der Waals surface area contributed by atoms with Gasteiger partial charge in [0.05, 0.1) is 5.56 Å². The van der Waals surface area contributed by atoms with E-state index in [1.807, 2.05) is 24.4 Å². The van der Waals surface area contributed by atoms with Gasteiger partial charge in [-0.05, 0) is 40.3 Å². The van der Waals surface area contributed by atoms with E-state index in [4.69, 9.17) is 0 Å². The Bertz CT molecular complexity index is 1350. The van der Waals surface area contributed by atoms with Gasteiger partial charge in [0.15, 0.2) is 5.65 Å². The molecule has 0 unspecified atom stereocenters. The van der Waals surface area contributed by atoms with Crippen LogP contribution < -0.4 is 5.56 Å². The first-order valence-electron chi connectivity index (χ1n) is 9.19. The van der Waals surface area contributed by atoms with Crippen LogP contribution in [0.2, 0.25) is 0 Å². The van der Waals surface area contributed by atoms with Crippen LogP contribution in [0.3, 0.4) is 0 Å². The highest BCUT2D eigenvalue weighted by atomic mass is 32.1. The van der Waals surface area contributed by atoms with Gasteiger partial charge in [-0.1, -0.05) is 42.5 Å². The smallest absolute Gasteiger partial charge is 0.276 e. The van der Waals surface area contributed by atoms with E-state index in [9.17, 15) is 9.90 Å². The highest BCUT2D eigenvalue weighted by Crippen LogP contribution is 2.33. The molecule has 0 radical (unpaired) electrons. The topological polar surface area (TPSA) is 70.4 Å². The van der Waals surface area contributed by atoms with Crippen molar-refractivity contribution in [3.63, 3.8) is 0 Å². The fraction of sp³-hybridized carbons (Fsp3) is 0.0435. The van der Waals surface area contributed by atoms with Crippen LogP contribution in [0.4, 0.5) is 0 Å². The van der Waals surface area contributed by atoms with Gasteiger partial charge in [-0.15, -0.1) is 11.3 Å². The monoisotopic (exact) mass is 399 g/mol. The van der Waals surface area contributed by atoms with Crippen molar-refractivity contribution in [2.24, 2.45) is 0 Å². The van der Waals surface area contributed by atoms with Crippen LogP contribution in [-0.2, 0) is 6.42 Å². The number of phenolic OH excluding ortho intramolecular Hbond substituents is 1. The molecule has 5 nitrogen and oxygen atoms in total. The van der Waals surface area contributed by atoms with E-state index in [0.717, 1.165) is 27.1 Å². The summed E-state index contributed by atoms with van der Waals surface area (Å²) in [7, 11) is 0. The highest BCUT2D eigenvalue weighted by molar-refractivity contribution is 7.14. The van der Waals surface area contributed by atoms with Crippen LogP contribution in [0.1, 0.15) is 11.1 Å². The minimum Gasteiger partial charge on any atom is -0.508 e. The molecule has 0 aliphatic rings. The summed E-state index contributed by atoms with van der Waals surface area (Å²) in [6.07, 6.45) is 3.93. The van der Waals surface area contributed by atoms with Crippen molar-refractivity contribution in [2.75, 3.05) is 0 Å². The summed E-state index contributed by atoms with van der Waals surface area (Å²) in [5, 5.41) is 14.6. The number of nitrogens with zero attached hydrogens (tertiary/aromatic N) is 2. The van der Waals surface area contributed by atoms with Crippen LogP contribution in [0.25, 0.3) is 27.2 Å². The minimum absolute atomic E-state index is 0.117. The highest BCUT2D eigenvalue weighted by Gasteiger charge is 2.14. The summed E-state index contributed by atoms with van der Waals surface area (Å²) in [5.74, 6) is 0.207. The molecule has 29 heavy (non-hydrogen) atoms. The second-order valence-electron chi connectivity index (χ2n) is 6.84. The summed E-state index contributed by atoms with van der Waals surface area (Å²) in [5.41, 5.74) is 5.26. The third kappa shape index (κ3) is 3.23. The second-order valence-corrected chi connectivity index (χ2v) is 7.75. The third-order valence-electron chi connectivity index (χ3n) is 4.91. The summed E-state index contributed by atoms with van der Waals surface area (Å²) >= 11 is 1.63. The molecule has 5 aromatic rings. The molecule has 3 aromatic heterocycles. The van der Waals surface area contributed by atoms with E-state index in [0.29, 0.717) is 17.6 Å². The zero-order valence-corrected chi connectivity index (χ0v) is 16.2. The standard InChI is InChI=1S/C23H17N3O2S/c27-19-8-6-15(7-9-19)10-17-12-24-22-20(13-25-26(22)23(17)28)21-11-18(14-29-21)16-4-2-1-3-5-16/h1-9,11-14,25,27H,10H2. The molecule has 0 spiro atoms. The van der Waals surface area contributed by atoms with Gasteiger partial charge in [0.25, 0.3) is 5.56 Å². The van der Waals surface area contributed by atoms with Crippen LogP contribution in [-0.4, -0.2) is 19.7 Å². The first-order chi connectivity index (χ1) is 14.2. The Morgan fingerprint density at radius 1 is 1.03 bits per heavy atom. The average molecular weight is 399 g/mol. The van der Waals surface area contributed by atoms with E-state index >= 15 is 0 Å². The third-order valence-corrected chi connectivity index (χ3v) is 5.88. The molecule has 0 fully saturated rings. The van der Waals surface area contributed by atoms with Gasteiger partial charge in [-0.25, -0.2) is 9.50 Å². The van der Waals surface area contributed by atoms with Gasteiger partial charge in [0.1, 0.15) is 5.75 Å². The lowest BCUT2D eigenvalue weighted by Gasteiger charge is -2.03. The van der Waals surface area contributed by atoms with Gasteiger partial charge in [0, 0.05) is 29.3 Å². The van der Waals surface area contributed by atoms with Crippen molar-refractivity contribution >= 4 is 17.0 Å². The maximum absolute atomic E-state index is 12.9. The molecule has 0 aliphatic heterocycles. The molecule has 0 amide bonds. The Labute approximate surface area is 170 Å². The molecule has 0 atom stereocenters. The van der Waals surface area contributed by atoms with Gasteiger partial charge in [0.2, 0.25) is 0 Å². The lowest BCUT2D eigenvalue weighted by molar-refractivity contribution is 0.475. The van der Waals surface area contributed by atoms with Gasteiger partial charge in [-0.3, -0.25) is 9.89 Å². The largest absolute Gasteiger partial charge is 0.508 e. The molecule has 2 N–H and O–H groups in total. The lowest BCUT2D eigenvalue weighted by Crippen LogP contribution is -2.19. The fourth-order valence-electron chi connectivity index (χ4n) is 3.39. The molecule has 0 saturated carbocycles. The van der Waals surface area contributed by atoms with E-state index in [2.05, 4.69) is 33.7 Å². The lowest BCUT2D eigenvalue weighted by atomic mass is 10.1. The predicted molar refractivity (Wildman–Crippen MR) is 115 cm³/mol. The van der Waals surface area contributed by atoms with Crippen molar-refractivity contribution in [3.05, 3.63) is 99.9 Å². The zero-order chi connectivity index (χ0) is 19.8. The molecule has 3 heterocycles. The molecule has 142 valence electrons. The molecular weight excluding hydrogens is 382 g/mol. The van der Waals surface area contributed by atoms with Crippen molar-refractivity contribution < 1.29 is 5.11 Å². The average Bonchev–Trinajstić information content (AvgIpc) is 3.40. The first-order valence-corrected chi connectivity index (χ1v) is 10.1. The number of rotatable bonds is 4. The summed E-state index contributed by atoms with van der Waals surface area (Å²) in [6.45, 7) is 0. The number of nitrogens with one attached hydrogen (secondary N) is 1. The Balaban J connectivity index is 1.51. The number of aromatic amines is 1. The molecule has 0 bridgehead atoms. The Morgan fingerprint density at radius 3 is 2.62 bits per heavy atom. The Kier molecular flexibility index (Phi) is 4.26. The summed E-state index contributed by atoms with van der Waals surface area (Å²) in [4.78, 5) is 18.5. The Morgan fingerprint density at radius 2 is 1.83 bits per heavy atom. The molecule has 0 saturated heterocycles. The number of fused-ring (bicyclic) bond motifs is 1. The number of aromatic hydroxyl groups is 1. The van der Waals surface area contributed by atoms with Crippen molar-refractivity contribution in [3.8, 4) is 27.3 Å². The molecule has 0 aliphatic carbocycles. The van der Waals surface area contributed by atoms with Gasteiger partial charge < -0.3 is 5.11 Å². The number of phenols is 1. The molecular formula is C23H17N3O2S. The molecule has 2 aromatic carbocycles. The van der Waals surface area contributed by atoms with Crippen LogP contribution >= 0.6 is 11.3 Å². The number of hydrogen-bond acceptors (Lipinski definition) is 4. The second kappa shape index (κ2) is 7.07. The van der Waals surface area contributed by atoms with Crippen LogP contribution in [0, 0.1) is 0 Å². The zero-order valence-electron chi connectivity index (χ0n) is 15.4. The maximum Gasteiger partial charge on any atom is 0.276 e. The first kappa shape index (κ1) is 17.5. The van der Waals surface area contributed by atoms with Gasteiger partial charge in [-0.2, -0.15) is 0 Å². The van der Waals surface area contributed by atoms with Crippen LogP contribution in [0.5, 0.6) is 5.75 Å². The summed E-state index contributed by atoms with van der Waals surface area (Å²) in [6, 6.07) is 19.2. The number of benzene rings is 2. The van der Waals surface area contributed by atoms with E-state index in [1.54, 1.807) is 41.8 Å². The van der Waals surface area contributed by atoms with E-state index in [1.165, 1.54) is 4.52 Å². The number of aromatic nitrogens is 3. The Hall–Kier alpha value is -3.64. The quantitative estimate of drug-likeness (QED) is 0.460. The normalized spacial score (nSPS) is 11.2. The number of thiophene rings is 1. The van der Waals surface area contributed by atoms with Crippen LogP contribution in [0.15, 0.2) is 83.2 Å². The fourth-order valence-corrected chi connectivity index (χ4v) is 4.32. The van der Waals surface area contributed by atoms with Gasteiger partial charge >= 0.3 is 0 Å².